The number of carbonyl (C=O) groups is 1. The lowest BCUT2D eigenvalue weighted by molar-refractivity contribution is -0.117. The minimum Gasteiger partial charge on any atom is -0.295 e. The molecule has 0 aliphatic carbocycles. The van der Waals surface area contributed by atoms with Gasteiger partial charge in [-0.15, -0.1) is 0 Å². The molecule has 0 aliphatic heterocycles. The molecule has 15 heavy (non-hydrogen) atoms. The molecule has 1 aromatic heterocycles. The highest BCUT2D eigenvalue weighted by molar-refractivity contribution is 9.11. The highest BCUT2D eigenvalue weighted by atomic mass is 79.9. The normalized spacial score (nSPS) is 9.87. The summed E-state index contributed by atoms with van der Waals surface area (Å²) in [4.78, 5) is 14.2. The number of pyridine rings is 1. The lowest BCUT2D eigenvalue weighted by atomic mass is 10.5. The SMILES string of the molecule is CC(=O)NSNc1nc(F)c(Br)cc1Br. The number of nitrogens with zero attached hydrogens (tertiary/aromatic N) is 1. The van der Waals surface area contributed by atoms with Crippen molar-refractivity contribution in [3.05, 3.63) is 21.0 Å². The van der Waals surface area contributed by atoms with Crippen LogP contribution in [0.3, 0.4) is 0 Å². The molecule has 0 atom stereocenters. The van der Waals surface area contributed by atoms with E-state index in [0.717, 1.165) is 12.1 Å². The third kappa shape index (κ3) is 3.96. The Hall–Kier alpha value is -0.340. The van der Waals surface area contributed by atoms with E-state index in [-0.39, 0.29) is 10.4 Å². The van der Waals surface area contributed by atoms with Crippen LogP contribution >= 0.6 is 44.0 Å². The Labute approximate surface area is 107 Å². The van der Waals surface area contributed by atoms with E-state index in [1.165, 1.54) is 13.0 Å². The molecule has 0 aromatic carbocycles. The molecule has 0 spiro atoms. The molecule has 0 fully saturated rings. The molecule has 0 saturated heterocycles. The number of halogens is 3. The zero-order chi connectivity index (χ0) is 11.4. The van der Waals surface area contributed by atoms with Gasteiger partial charge in [0.1, 0.15) is 0 Å². The second-order valence-corrected chi connectivity index (χ2v) is 4.77. The van der Waals surface area contributed by atoms with Crippen molar-refractivity contribution < 1.29 is 9.18 Å². The van der Waals surface area contributed by atoms with Crippen molar-refractivity contribution in [1.29, 1.82) is 0 Å². The van der Waals surface area contributed by atoms with Crippen LogP contribution in [0.5, 0.6) is 0 Å². The van der Waals surface area contributed by atoms with Gasteiger partial charge in [0.25, 0.3) is 0 Å². The zero-order valence-corrected chi connectivity index (χ0v) is 11.5. The summed E-state index contributed by atoms with van der Waals surface area (Å²) in [6, 6.07) is 1.53. The molecule has 0 unspecified atom stereocenters. The minimum absolute atomic E-state index is 0.207. The van der Waals surface area contributed by atoms with Gasteiger partial charge in [-0.25, -0.2) is 0 Å². The van der Waals surface area contributed by atoms with Gasteiger partial charge in [0.2, 0.25) is 11.9 Å². The van der Waals surface area contributed by atoms with E-state index in [4.69, 9.17) is 0 Å². The van der Waals surface area contributed by atoms with Crippen LogP contribution in [0.25, 0.3) is 0 Å². The first-order valence-electron chi connectivity index (χ1n) is 3.70. The molecule has 1 rings (SSSR count). The van der Waals surface area contributed by atoms with Crippen molar-refractivity contribution in [2.24, 2.45) is 0 Å². The number of hydrogen-bond donors (Lipinski definition) is 2. The van der Waals surface area contributed by atoms with Gasteiger partial charge in [0.05, 0.1) is 21.1 Å². The van der Waals surface area contributed by atoms with Crippen molar-refractivity contribution in [1.82, 2.24) is 9.71 Å². The molecule has 82 valence electrons. The third-order valence-electron chi connectivity index (χ3n) is 1.23. The number of anilines is 1. The summed E-state index contributed by atoms with van der Waals surface area (Å²) >= 11 is 7.12. The second-order valence-electron chi connectivity index (χ2n) is 2.45. The van der Waals surface area contributed by atoms with Crippen LogP contribution in [-0.2, 0) is 4.79 Å². The van der Waals surface area contributed by atoms with Crippen LogP contribution in [0.4, 0.5) is 10.2 Å². The predicted molar refractivity (Wildman–Crippen MR) is 64.6 cm³/mol. The summed E-state index contributed by atoms with van der Waals surface area (Å²) in [5.41, 5.74) is 0. The Kier molecular flexibility index (Phi) is 4.81. The predicted octanol–water partition coefficient (Wildman–Crippen LogP) is 2.86. The van der Waals surface area contributed by atoms with Gasteiger partial charge in [-0.3, -0.25) is 14.2 Å². The smallest absolute Gasteiger partial charge is 0.229 e. The Morgan fingerprint density at radius 1 is 1.53 bits per heavy atom. The number of nitrogens with one attached hydrogen (secondary N) is 2. The molecule has 0 radical (unpaired) electrons. The highest BCUT2D eigenvalue weighted by Gasteiger charge is 2.08. The van der Waals surface area contributed by atoms with Gasteiger partial charge in [0, 0.05) is 6.92 Å². The topological polar surface area (TPSA) is 54.0 Å². The first kappa shape index (κ1) is 12.7. The maximum absolute atomic E-state index is 13.0. The van der Waals surface area contributed by atoms with Crippen LogP contribution in [0.1, 0.15) is 6.92 Å². The van der Waals surface area contributed by atoms with Crippen molar-refractivity contribution in [2.45, 2.75) is 6.92 Å². The van der Waals surface area contributed by atoms with Crippen LogP contribution in [0.15, 0.2) is 15.0 Å². The Balaban J connectivity index is 2.69. The van der Waals surface area contributed by atoms with E-state index in [9.17, 15) is 9.18 Å². The number of hydrogen-bond acceptors (Lipinski definition) is 4. The quantitative estimate of drug-likeness (QED) is 0.644. The Bertz CT molecular complexity index is 391. The summed E-state index contributed by atoms with van der Waals surface area (Å²) < 4.78 is 19.0. The van der Waals surface area contributed by atoms with Gasteiger partial charge >= 0.3 is 0 Å². The van der Waals surface area contributed by atoms with Crippen molar-refractivity contribution in [3.63, 3.8) is 0 Å². The molecule has 4 nitrogen and oxygen atoms in total. The average molecular weight is 359 g/mol. The zero-order valence-electron chi connectivity index (χ0n) is 7.47. The summed E-state index contributed by atoms with van der Waals surface area (Å²) in [6.45, 7) is 1.37. The Morgan fingerprint density at radius 2 is 2.20 bits per heavy atom. The standard InChI is InChI=1S/C7H6Br2FN3OS/c1-3(14)12-15-13-7-5(9)2-4(8)6(10)11-7/h2H,1H3,(H,11,13)(H,12,14). The van der Waals surface area contributed by atoms with Crippen LogP contribution in [0.2, 0.25) is 0 Å². The summed E-state index contributed by atoms with van der Waals surface area (Å²) in [5, 5.41) is 0. The fraction of sp³-hybridized carbons (Fsp3) is 0.143. The lowest BCUT2D eigenvalue weighted by Gasteiger charge is -2.06. The fourth-order valence-corrected chi connectivity index (χ4v) is 2.28. The number of rotatable bonds is 3. The number of aromatic nitrogens is 1. The molecular formula is C7H6Br2FN3OS. The summed E-state index contributed by atoms with van der Waals surface area (Å²) in [6.07, 6.45) is 0. The first-order valence-corrected chi connectivity index (χ1v) is 6.11. The van der Waals surface area contributed by atoms with Crippen LogP contribution < -0.4 is 9.44 Å². The van der Waals surface area contributed by atoms with Gasteiger partial charge in [-0.1, -0.05) is 0 Å². The second kappa shape index (κ2) is 5.66. The number of amides is 1. The van der Waals surface area contributed by atoms with Crippen LogP contribution in [-0.4, -0.2) is 10.9 Å². The molecule has 8 heteroatoms. The van der Waals surface area contributed by atoms with Gasteiger partial charge in [-0.2, -0.15) is 9.37 Å². The van der Waals surface area contributed by atoms with Gasteiger partial charge in [-0.05, 0) is 37.9 Å². The average Bonchev–Trinajstić information content (AvgIpc) is 2.13. The first-order chi connectivity index (χ1) is 7.00. The van der Waals surface area contributed by atoms with Gasteiger partial charge in [0.15, 0.2) is 5.82 Å². The third-order valence-corrected chi connectivity index (χ3v) is 3.07. The number of carbonyl (C=O) groups excluding carboxylic acids is 1. The van der Waals surface area contributed by atoms with Crippen molar-refractivity contribution in [3.8, 4) is 0 Å². The van der Waals surface area contributed by atoms with E-state index < -0.39 is 5.95 Å². The highest BCUT2D eigenvalue weighted by Crippen LogP contribution is 2.26. The maximum Gasteiger partial charge on any atom is 0.229 e. The fourth-order valence-electron chi connectivity index (χ4n) is 0.661. The summed E-state index contributed by atoms with van der Waals surface area (Å²) in [7, 11) is 0. The van der Waals surface area contributed by atoms with E-state index in [1.807, 2.05) is 0 Å². The van der Waals surface area contributed by atoms with E-state index in [2.05, 4.69) is 46.3 Å². The van der Waals surface area contributed by atoms with Crippen molar-refractivity contribution in [2.75, 3.05) is 4.72 Å². The van der Waals surface area contributed by atoms with Gasteiger partial charge < -0.3 is 0 Å². The Morgan fingerprint density at radius 3 is 2.80 bits per heavy atom. The molecule has 1 aromatic rings. The molecule has 0 bridgehead atoms. The van der Waals surface area contributed by atoms with E-state index in [0.29, 0.717) is 10.3 Å². The molecule has 1 amide bonds. The largest absolute Gasteiger partial charge is 0.295 e. The summed E-state index contributed by atoms with van der Waals surface area (Å²) in [5.74, 6) is -0.528. The monoisotopic (exact) mass is 357 g/mol. The van der Waals surface area contributed by atoms with Crippen LogP contribution in [0, 0.1) is 5.95 Å². The molecule has 0 saturated carbocycles. The lowest BCUT2D eigenvalue weighted by Crippen LogP contribution is -2.13. The molecular weight excluding hydrogens is 353 g/mol. The van der Waals surface area contributed by atoms with E-state index in [1.54, 1.807) is 0 Å². The molecule has 2 N–H and O–H groups in total. The molecule has 0 aliphatic rings. The molecule has 1 heterocycles. The maximum atomic E-state index is 13.0. The van der Waals surface area contributed by atoms with Crippen molar-refractivity contribution >= 4 is 55.7 Å². The minimum atomic E-state index is -0.621. The van der Waals surface area contributed by atoms with E-state index >= 15 is 0 Å².